The van der Waals surface area contributed by atoms with Gasteiger partial charge in [-0.1, -0.05) is 17.3 Å². The van der Waals surface area contributed by atoms with E-state index in [0.29, 0.717) is 25.2 Å². The summed E-state index contributed by atoms with van der Waals surface area (Å²) in [5, 5.41) is 15.7. The van der Waals surface area contributed by atoms with Gasteiger partial charge in [-0.05, 0) is 26.0 Å². The van der Waals surface area contributed by atoms with E-state index in [9.17, 15) is 4.79 Å². The molecule has 3 heterocycles. The zero-order valence-corrected chi connectivity index (χ0v) is 15.1. The predicted octanol–water partition coefficient (Wildman–Crippen LogP) is 1.62. The molecule has 136 valence electrons. The molecule has 0 saturated carbocycles. The van der Waals surface area contributed by atoms with Crippen LogP contribution >= 0.6 is 0 Å². The van der Waals surface area contributed by atoms with Gasteiger partial charge in [0, 0.05) is 25.6 Å². The number of hydrogen-bond donors (Lipinski definition) is 1. The maximum absolute atomic E-state index is 12.7. The van der Waals surface area contributed by atoms with Crippen LogP contribution in [0.15, 0.2) is 24.3 Å². The number of benzene rings is 1. The van der Waals surface area contributed by atoms with Crippen LogP contribution in [0, 0.1) is 0 Å². The Bertz CT molecular complexity index is 960. The highest BCUT2D eigenvalue weighted by atomic mass is 16.5. The fourth-order valence-electron chi connectivity index (χ4n) is 3.59. The van der Waals surface area contributed by atoms with Crippen molar-refractivity contribution in [1.82, 2.24) is 30.1 Å². The third kappa shape index (κ3) is 2.86. The molecule has 2 aromatic heterocycles. The van der Waals surface area contributed by atoms with Crippen molar-refractivity contribution in [2.45, 2.75) is 39.0 Å². The number of nitrogens with one attached hydrogen (secondary N) is 1. The first-order valence-corrected chi connectivity index (χ1v) is 8.82. The molecule has 0 saturated heterocycles. The van der Waals surface area contributed by atoms with Crippen LogP contribution in [0.5, 0.6) is 0 Å². The SMILES string of the molecule is C[C@@H]1Cc2c(nn(C)c2C(=O)NCCn2nnc3ccccc32)[C@H](C)O1. The zero-order chi connectivity index (χ0) is 18.3. The van der Waals surface area contributed by atoms with Crippen molar-refractivity contribution in [2.24, 2.45) is 7.05 Å². The molecule has 1 aliphatic rings. The second-order valence-corrected chi connectivity index (χ2v) is 6.69. The first-order chi connectivity index (χ1) is 12.5. The van der Waals surface area contributed by atoms with E-state index in [-0.39, 0.29) is 18.1 Å². The Morgan fingerprint density at radius 1 is 1.35 bits per heavy atom. The number of fused-ring (bicyclic) bond motifs is 2. The minimum atomic E-state index is -0.119. The summed E-state index contributed by atoms with van der Waals surface area (Å²) < 4.78 is 9.26. The molecule has 0 fully saturated rings. The van der Waals surface area contributed by atoms with Crippen LogP contribution in [0.1, 0.15) is 41.7 Å². The summed E-state index contributed by atoms with van der Waals surface area (Å²) in [5.41, 5.74) is 4.27. The average Bonchev–Trinajstić information content (AvgIpc) is 3.16. The summed E-state index contributed by atoms with van der Waals surface area (Å²) in [6.45, 7) is 5.01. The Morgan fingerprint density at radius 3 is 3.00 bits per heavy atom. The first kappa shape index (κ1) is 16.7. The summed E-state index contributed by atoms with van der Waals surface area (Å²) in [6, 6.07) is 7.77. The second kappa shape index (κ2) is 6.53. The quantitative estimate of drug-likeness (QED) is 0.769. The van der Waals surface area contributed by atoms with Crippen LogP contribution < -0.4 is 5.32 Å². The van der Waals surface area contributed by atoms with E-state index < -0.39 is 0 Å². The van der Waals surface area contributed by atoms with Gasteiger partial charge in [-0.15, -0.1) is 5.10 Å². The molecule has 3 aromatic rings. The van der Waals surface area contributed by atoms with Crippen molar-refractivity contribution in [1.29, 1.82) is 0 Å². The van der Waals surface area contributed by atoms with Crippen molar-refractivity contribution < 1.29 is 9.53 Å². The summed E-state index contributed by atoms with van der Waals surface area (Å²) in [6.07, 6.45) is 0.682. The Labute approximate surface area is 151 Å². The van der Waals surface area contributed by atoms with Crippen LogP contribution in [0.2, 0.25) is 0 Å². The second-order valence-electron chi connectivity index (χ2n) is 6.69. The lowest BCUT2D eigenvalue weighted by atomic mass is 9.99. The number of amides is 1. The lowest BCUT2D eigenvalue weighted by Gasteiger charge is -2.24. The van der Waals surface area contributed by atoms with Crippen LogP contribution in [0.4, 0.5) is 0 Å². The smallest absolute Gasteiger partial charge is 0.269 e. The molecule has 1 amide bonds. The van der Waals surface area contributed by atoms with Crippen LogP contribution in [-0.2, 0) is 24.8 Å². The van der Waals surface area contributed by atoms with Crippen molar-refractivity contribution in [3.63, 3.8) is 0 Å². The van der Waals surface area contributed by atoms with E-state index in [4.69, 9.17) is 4.74 Å². The minimum absolute atomic E-state index is 0.0785. The summed E-state index contributed by atoms with van der Waals surface area (Å²) >= 11 is 0. The molecular weight excluding hydrogens is 332 g/mol. The maximum atomic E-state index is 12.7. The van der Waals surface area contributed by atoms with Crippen LogP contribution in [-0.4, -0.2) is 43.3 Å². The molecule has 0 spiro atoms. The van der Waals surface area contributed by atoms with Gasteiger partial charge in [0.2, 0.25) is 0 Å². The number of nitrogens with zero attached hydrogens (tertiary/aromatic N) is 5. The zero-order valence-electron chi connectivity index (χ0n) is 15.1. The van der Waals surface area contributed by atoms with Gasteiger partial charge in [0.05, 0.1) is 30.0 Å². The molecular formula is C18H22N6O2. The summed E-state index contributed by atoms with van der Waals surface area (Å²) in [5.74, 6) is -0.119. The van der Waals surface area contributed by atoms with E-state index in [1.807, 2.05) is 38.1 Å². The van der Waals surface area contributed by atoms with Crippen molar-refractivity contribution >= 4 is 16.9 Å². The number of hydrogen-bond acceptors (Lipinski definition) is 5. The van der Waals surface area contributed by atoms with Gasteiger partial charge in [0.25, 0.3) is 5.91 Å². The van der Waals surface area contributed by atoms with E-state index in [1.54, 1.807) is 16.4 Å². The van der Waals surface area contributed by atoms with Crippen LogP contribution in [0.3, 0.4) is 0 Å². The highest BCUT2D eigenvalue weighted by Gasteiger charge is 2.31. The van der Waals surface area contributed by atoms with Gasteiger partial charge < -0.3 is 10.1 Å². The number of carbonyl (C=O) groups excluding carboxylic acids is 1. The monoisotopic (exact) mass is 354 g/mol. The van der Waals surface area contributed by atoms with Gasteiger partial charge in [-0.25, -0.2) is 4.68 Å². The van der Waals surface area contributed by atoms with Crippen LogP contribution in [0.25, 0.3) is 11.0 Å². The van der Waals surface area contributed by atoms with Gasteiger partial charge in [0.1, 0.15) is 11.2 Å². The highest BCUT2D eigenvalue weighted by molar-refractivity contribution is 5.94. The molecule has 8 heteroatoms. The number of rotatable bonds is 4. The molecule has 0 unspecified atom stereocenters. The van der Waals surface area contributed by atoms with Gasteiger partial charge in [-0.2, -0.15) is 5.10 Å². The minimum Gasteiger partial charge on any atom is -0.369 e. The number of carbonyl (C=O) groups is 1. The Morgan fingerprint density at radius 2 is 2.15 bits per heavy atom. The predicted molar refractivity (Wildman–Crippen MR) is 95.7 cm³/mol. The summed E-state index contributed by atoms with van der Waals surface area (Å²) in [4.78, 5) is 12.7. The number of aryl methyl sites for hydroxylation is 1. The molecule has 8 nitrogen and oxygen atoms in total. The maximum Gasteiger partial charge on any atom is 0.269 e. The Kier molecular flexibility index (Phi) is 4.20. The van der Waals surface area contributed by atoms with Gasteiger partial charge in [-0.3, -0.25) is 9.48 Å². The number of para-hydroxylation sites is 1. The van der Waals surface area contributed by atoms with E-state index in [2.05, 4.69) is 20.7 Å². The molecule has 1 aliphatic heterocycles. The molecule has 1 N–H and O–H groups in total. The normalized spacial score (nSPS) is 19.5. The fourth-order valence-corrected chi connectivity index (χ4v) is 3.59. The highest BCUT2D eigenvalue weighted by Crippen LogP contribution is 2.31. The van der Waals surface area contributed by atoms with E-state index in [0.717, 1.165) is 22.3 Å². The number of ether oxygens (including phenoxy) is 1. The average molecular weight is 354 g/mol. The third-order valence-electron chi connectivity index (χ3n) is 4.73. The topological polar surface area (TPSA) is 86.9 Å². The lowest BCUT2D eigenvalue weighted by molar-refractivity contribution is -0.00710. The van der Waals surface area contributed by atoms with Crippen molar-refractivity contribution in [3.8, 4) is 0 Å². The first-order valence-electron chi connectivity index (χ1n) is 8.82. The van der Waals surface area contributed by atoms with Crippen molar-refractivity contribution in [2.75, 3.05) is 6.54 Å². The largest absolute Gasteiger partial charge is 0.369 e. The van der Waals surface area contributed by atoms with E-state index in [1.165, 1.54) is 0 Å². The molecule has 1 aromatic carbocycles. The Hall–Kier alpha value is -2.74. The fraction of sp³-hybridized carbons (Fsp3) is 0.444. The lowest BCUT2D eigenvalue weighted by Crippen LogP contribution is -2.31. The molecule has 4 rings (SSSR count). The standard InChI is InChI=1S/C18H22N6O2/c1-11-10-13-16(12(2)26-11)21-23(3)17(13)18(25)19-8-9-24-15-7-5-4-6-14(15)20-22-24/h4-7,11-12H,8-10H2,1-3H3,(H,19,25)/t11-,12+/m1/s1. The molecule has 2 atom stereocenters. The number of aromatic nitrogens is 5. The molecule has 0 bridgehead atoms. The molecule has 26 heavy (non-hydrogen) atoms. The Balaban J connectivity index is 1.47. The molecule has 0 radical (unpaired) electrons. The summed E-state index contributed by atoms with van der Waals surface area (Å²) in [7, 11) is 1.80. The van der Waals surface area contributed by atoms with Gasteiger partial charge in [0.15, 0.2) is 0 Å². The molecule has 0 aliphatic carbocycles. The van der Waals surface area contributed by atoms with Gasteiger partial charge >= 0.3 is 0 Å². The van der Waals surface area contributed by atoms with Crippen molar-refractivity contribution in [3.05, 3.63) is 41.2 Å². The third-order valence-corrected chi connectivity index (χ3v) is 4.73. The van der Waals surface area contributed by atoms with E-state index >= 15 is 0 Å².